The maximum Gasteiger partial charge on any atom is 0.338 e. The topological polar surface area (TPSA) is 121 Å². The molecule has 1 fully saturated rings. The number of rotatable bonds is 13. The van der Waals surface area contributed by atoms with Crippen molar-refractivity contribution >= 4 is 29.4 Å². The highest BCUT2D eigenvalue weighted by Gasteiger charge is 2.52. The maximum absolute atomic E-state index is 13.3. The number of allylic oxidation sites excluding steroid dienone is 1. The average molecular weight is 625 g/mol. The predicted octanol–water partition coefficient (Wildman–Crippen LogP) is 5.40. The third-order valence-corrected chi connectivity index (χ3v) is 7.59. The lowest BCUT2D eigenvalue weighted by Gasteiger charge is -2.32. The molecule has 3 aromatic rings. The Labute approximate surface area is 267 Å². The van der Waals surface area contributed by atoms with Crippen LogP contribution in [0.2, 0.25) is 0 Å². The number of esters is 3. The molecule has 238 valence electrons. The van der Waals surface area contributed by atoms with Gasteiger partial charge in [-0.2, -0.15) is 0 Å². The van der Waals surface area contributed by atoms with E-state index in [9.17, 15) is 19.2 Å². The van der Waals surface area contributed by atoms with Crippen molar-refractivity contribution in [3.05, 3.63) is 120 Å². The van der Waals surface area contributed by atoms with Crippen LogP contribution < -0.4 is 0 Å². The lowest BCUT2D eigenvalue weighted by Crippen LogP contribution is -2.46. The smallest absolute Gasteiger partial charge is 0.338 e. The van der Waals surface area contributed by atoms with E-state index in [0.717, 1.165) is 12.8 Å². The predicted molar refractivity (Wildman–Crippen MR) is 169 cm³/mol. The van der Waals surface area contributed by atoms with Crippen molar-refractivity contribution < 1.29 is 38.1 Å². The van der Waals surface area contributed by atoms with Gasteiger partial charge in [-0.3, -0.25) is 9.79 Å². The van der Waals surface area contributed by atoms with E-state index in [2.05, 4.69) is 4.99 Å². The summed E-state index contributed by atoms with van der Waals surface area (Å²) in [5, 5.41) is 0. The van der Waals surface area contributed by atoms with Crippen LogP contribution in [-0.4, -0.2) is 72.1 Å². The molecule has 0 saturated carbocycles. The Morgan fingerprint density at radius 3 is 1.85 bits per heavy atom. The van der Waals surface area contributed by atoms with Crippen LogP contribution in [0.1, 0.15) is 63.7 Å². The summed E-state index contributed by atoms with van der Waals surface area (Å²) in [6, 6.07) is 25.3. The fourth-order valence-corrected chi connectivity index (χ4v) is 5.12. The van der Waals surface area contributed by atoms with Gasteiger partial charge in [0.2, 0.25) is 0 Å². The molecule has 5 rings (SSSR count). The van der Waals surface area contributed by atoms with Crippen molar-refractivity contribution in [1.82, 2.24) is 4.90 Å². The first-order valence-corrected chi connectivity index (χ1v) is 15.3. The van der Waals surface area contributed by atoms with Gasteiger partial charge in [-0.25, -0.2) is 14.4 Å². The van der Waals surface area contributed by atoms with E-state index in [1.54, 1.807) is 108 Å². The van der Waals surface area contributed by atoms with Gasteiger partial charge in [0.05, 0.1) is 16.7 Å². The third kappa shape index (κ3) is 8.33. The molecule has 0 N–H and O–H groups in total. The van der Waals surface area contributed by atoms with E-state index in [1.807, 2.05) is 6.92 Å². The Hall–Kier alpha value is -5.09. The molecule has 10 nitrogen and oxygen atoms in total. The second-order valence-electron chi connectivity index (χ2n) is 10.9. The van der Waals surface area contributed by atoms with Crippen LogP contribution in [0.5, 0.6) is 0 Å². The number of Topliss-reactive ketones (excluding diaryl/α,β-unsaturated/α-hetero) is 1. The number of aliphatic imine (C=N–C) groups is 1. The first-order chi connectivity index (χ1) is 22.4. The van der Waals surface area contributed by atoms with Crippen LogP contribution in [0.4, 0.5) is 0 Å². The summed E-state index contributed by atoms with van der Waals surface area (Å²) in [5.41, 5.74) is 1.57. The molecule has 1 saturated heterocycles. The van der Waals surface area contributed by atoms with Gasteiger partial charge in [0.25, 0.3) is 0 Å². The zero-order valence-corrected chi connectivity index (χ0v) is 25.5. The number of ether oxygens (including phenoxy) is 4. The van der Waals surface area contributed by atoms with Crippen molar-refractivity contribution in [1.29, 1.82) is 0 Å². The zero-order chi connectivity index (χ0) is 32.3. The molecule has 0 aliphatic carbocycles. The summed E-state index contributed by atoms with van der Waals surface area (Å²) in [4.78, 5) is 58.1. The first-order valence-electron chi connectivity index (χ1n) is 15.3. The summed E-state index contributed by atoms with van der Waals surface area (Å²) in [6.07, 6.45) is 1.68. The summed E-state index contributed by atoms with van der Waals surface area (Å²) in [7, 11) is 0. The van der Waals surface area contributed by atoms with Crippen LogP contribution in [-0.2, 0) is 23.7 Å². The maximum atomic E-state index is 13.3. The van der Waals surface area contributed by atoms with Gasteiger partial charge in [-0.1, -0.05) is 67.9 Å². The molecule has 0 unspecified atom stereocenters. The number of carbonyl (C=O) groups is 4. The Bertz CT molecular complexity index is 1560. The quantitative estimate of drug-likeness (QED) is 0.182. The summed E-state index contributed by atoms with van der Waals surface area (Å²) in [5.74, 6) is -1.78. The van der Waals surface area contributed by atoms with E-state index in [4.69, 9.17) is 18.9 Å². The number of hydrogen-bond donors (Lipinski definition) is 0. The molecular weight excluding hydrogens is 588 g/mol. The molecule has 46 heavy (non-hydrogen) atoms. The van der Waals surface area contributed by atoms with Crippen molar-refractivity contribution in [3.8, 4) is 0 Å². The third-order valence-electron chi connectivity index (χ3n) is 7.59. The highest BCUT2D eigenvalue weighted by atomic mass is 16.7. The van der Waals surface area contributed by atoms with E-state index >= 15 is 0 Å². The average Bonchev–Trinajstić information content (AvgIpc) is 3.43. The fourth-order valence-electron chi connectivity index (χ4n) is 5.12. The van der Waals surface area contributed by atoms with Crippen LogP contribution in [0.3, 0.4) is 0 Å². The molecule has 0 radical (unpaired) electrons. The number of benzene rings is 3. The van der Waals surface area contributed by atoms with E-state index in [1.165, 1.54) is 0 Å². The first kappa shape index (κ1) is 32.3. The van der Waals surface area contributed by atoms with Crippen molar-refractivity contribution in [2.45, 2.75) is 57.1 Å². The standard InChI is InChI=1S/C36H36N2O8/c1-2-3-19-29(39)22-28-20-21-38(24-37-28)33-32(46-36(42)27-17-11-6-12-18-27)31(45-35(41)26-15-9-5-10-16-26)30(44-33)23-43-34(40)25-13-7-4-8-14-25/h4-18,20-21,30-33H,2-3,19,22-24H2,1H3/t30-,31-,32-,33-/m1/s1. The fraction of sp³-hybridized carbons (Fsp3) is 0.306. The second-order valence-corrected chi connectivity index (χ2v) is 10.9. The van der Waals surface area contributed by atoms with Crippen LogP contribution >= 0.6 is 0 Å². The molecule has 0 aromatic heterocycles. The van der Waals surface area contributed by atoms with E-state index < -0.39 is 42.4 Å². The number of carbonyl (C=O) groups excluding carboxylic acids is 4. The van der Waals surface area contributed by atoms with Gasteiger partial charge in [0.15, 0.2) is 18.4 Å². The molecule has 0 spiro atoms. The number of unbranched alkanes of at least 4 members (excludes halogenated alkanes) is 1. The van der Waals surface area contributed by atoms with Gasteiger partial charge in [0, 0.05) is 24.8 Å². The SMILES string of the molecule is CCCCC(=O)CC1=NCN([C@@H]2O[C@H](COC(=O)c3ccccc3)[C@@H](OC(=O)c3ccccc3)[C@H]2OC(=O)c2ccccc2)C=C1. The highest BCUT2D eigenvalue weighted by molar-refractivity contribution is 6.07. The Morgan fingerprint density at radius 2 is 1.33 bits per heavy atom. The lowest BCUT2D eigenvalue weighted by molar-refractivity contribution is -0.118. The molecular formula is C36H36N2O8. The van der Waals surface area contributed by atoms with Crippen molar-refractivity contribution in [2.24, 2.45) is 4.99 Å². The van der Waals surface area contributed by atoms with Crippen molar-refractivity contribution in [3.63, 3.8) is 0 Å². The van der Waals surface area contributed by atoms with Gasteiger partial charge < -0.3 is 23.8 Å². The monoisotopic (exact) mass is 624 g/mol. The van der Waals surface area contributed by atoms with Crippen LogP contribution in [0, 0.1) is 0 Å². The summed E-state index contributed by atoms with van der Waals surface area (Å²) in [6.45, 7) is 1.85. The molecule has 0 bridgehead atoms. The van der Waals surface area contributed by atoms with Gasteiger partial charge >= 0.3 is 17.9 Å². The summed E-state index contributed by atoms with van der Waals surface area (Å²) < 4.78 is 23.9. The minimum atomic E-state index is -1.15. The molecule has 2 aliphatic heterocycles. The Kier molecular flexibility index (Phi) is 11.1. The molecule has 0 amide bonds. The minimum Gasteiger partial charge on any atom is -0.459 e. The Balaban J connectivity index is 1.40. The lowest BCUT2D eigenvalue weighted by atomic mass is 10.1. The number of ketones is 1. The minimum absolute atomic E-state index is 0.104. The normalized spacial score (nSPS) is 20.5. The summed E-state index contributed by atoms with van der Waals surface area (Å²) >= 11 is 0. The van der Waals surface area contributed by atoms with Gasteiger partial charge in [0.1, 0.15) is 25.2 Å². The second kappa shape index (κ2) is 15.8. The molecule has 2 aliphatic rings. The molecule has 10 heteroatoms. The van der Waals surface area contributed by atoms with Gasteiger partial charge in [-0.05, 0) is 48.9 Å². The number of hydrogen-bond acceptors (Lipinski definition) is 10. The van der Waals surface area contributed by atoms with Crippen LogP contribution in [0.15, 0.2) is 108 Å². The molecule has 4 atom stereocenters. The molecule has 2 heterocycles. The zero-order valence-electron chi connectivity index (χ0n) is 25.5. The van der Waals surface area contributed by atoms with E-state index in [0.29, 0.717) is 28.8 Å². The van der Waals surface area contributed by atoms with E-state index in [-0.39, 0.29) is 25.5 Å². The number of nitrogens with zero attached hydrogens (tertiary/aromatic N) is 2. The van der Waals surface area contributed by atoms with Crippen LogP contribution in [0.25, 0.3) is 0 Å². The largest absolute Gasteiger partial charge is 0.459 e. The Morgan fingerprint density at radius 1 is 0.783 bits per heavy atom. The highest BCUT2D eigenvalue weighted by Crippen LogP contribution is 2.32. The van der Waals surface area contributed by atoms with Crippen molar-refractivity contribution in [2.75, 3.05) is 13.3 Å². The van der Waals surface area contributed by atoms with Gasteiger partial charge in [-0.15, -0.1) is 0 Å². The molecule has 3 aromatic carbocycles.